The van der Waals surface area contributed by atoms with Crippen LogP contribution in [0.3, 0.4) is 0 Å². The fourth-order valence-electron chi connectivity index (χ4n) is 4.04. The summed E-state index contributed by atoms with van der Waals surface area (Å²) in [5.74, 6) is 0.991. The van der Waals surface area contributed by atoms with E-state index < -0.39 is 0 Å². The van der Waals surface area contributed by atoms with Gasteiger partial charge in [0.25, 0.3) is 0 Å². The van der Waals surface area contributed by atoms with E-state index >= 15 is 0 Å². The Morgan fingerprint density at radius 3 is 1.35 bits per heavy atom. The lowest BCUT2D eigenvalue weighted by Gasteiger charge is -2.23. The molecule has 0 bridgehead atoms. The highest BCUT2D eigenvalue weighted by atomic mass is 16.6. The quantitative estimate of drug-likeness (QED) is 0.0917. The fraction of sp³-hybridized carbons (Fsp3) is 0.914. The van der Waals surface area contributed by atoms with Crippen LogP contribution >= 0.6 is 0 Å². The van der Waals surface area contributed by atoms with Gasteiger partial charge in [-0.15, -0.1) is 0 Å². The largest absolute Gasteiger partial charge is 0.379 e. The first-order valence-corrected chi connectivity index (χ1v) is 18.2. The Bertz CT molecular complexity index is 775. The summed E-state index contributed by atoms with van der Waals surface area (Å²) in [4.78, 5) is 37.7. The zero-order valence-electron chi connectivity index (χ0n) is 31.3. The van der Waals surface area contributed by atoms with E-state index in [2.05, 4.69) is 24.5 Å². The molecule has 0 heterocycles. The van der Waals surface area contributed by atoms with E-state index in [1.165, 1.54) is 0 Å². The van der Waals surface area contributed by atoms with Gasteiger partial charge >= 0.3 is 0 Å². The summed E-state index contributed by atoms with van der Waals surface area (Å²) in [6, 6.07) is 0. The van der Waals surface area contributed by atoms with E-state index in [9.17, 15) is 14.4 Å². The summed E-state index contributed by atoms with van der Waals surface area (Å²) >= 11 is 0. The zero-order chi connectivity index (χ0) is 36.2. The van der Waals surface area contributed by atoms with Gasteiger partial charge in [0.05, 0.1) is 106 Å². The van der Waals surface area contributed by atoms with Gasteiger partial charge in [-0.25, -0.2) is 0 Å². The highest BCUT2D eigenvalue weighted by Gasteiger charge is 2.13. The van der Waals surface area contributed by atoms with Gasteiger partial charge < -0.3 is 53.4 Å². The lowest BCUT2D eigenvalue weighted by atomic mass is 10.1. The van der Waals surface area contributed by atoms with E-state index in [1.807, 2.05) is 20.8 Å². The smallest absolute Gasteiger partial charge is 0.225 e. The van der Waals surface area contributed by atoms with Gasteiger partial charge in [0.15, 0.2) is 0 Å². The third kappa shape index (κ3) is 35.7. The van der Waals surface area contributed by atoms with Gasteiger partial charge in [-0.05, 0) is 24.7 Å². The molecule has 0 aromatic rings. The monoisotopic (exact) mass is 707 g/mol. The number of rotatable bonds is 37. The molecule has 0 radical (unpaired) electrons. The van der Waals surface area contributed by atoms with Crippen LogP contribution in [0.25, 0.3) is 0 Å². The Labute approximate surface area is 295 Å². The third-order valence-corrected chi connectivity index (χ3v) is 6.73. The number of nitrogens with zero attached hydrogens (tertiary/aromatic N) is 1. The van der Waals surface area contributed by atoms with Crippen LogP contribution < -0.4 is 10.6 Å². The van der Waals surface area contributed by atoms with Gasteiger partial charge in [0.1, 0.15) is 0 Å². The highest BCUT2D eigenvalue weighted by molar-refractivity contribution is 5.76. The maximum absolute atomic E-state index is 12.9. The van der Waals surface area contributed by atoms with Crippen LogP contribution in [-0.4, -0.2) is 155 Å². The van der Waals surface area contributed by atoms with Crippen LogP contribution in [-0.2, 0) is 52.3 Å². The Morgan fingerprint density at radius 1 is 0.490 bits per heavy atom. The predicted molar refractivity (Wildman–Crippen MR) is 188 cm³/mol. The number of nitrogens with one attached hydrogen (secondary N) is 2. The first-order chi connectivity index (χ1) is 23.8. The van der Waals surface area contributed by atoms with E-state index in [4.69, 9.17) is 37.9 Å². The normalized spacial score (nSPS) is 11.4. The minimum Gasteiger partial charge on any atom is -0.379 e. The van der Waals surface area contributed by atoms with Crippen molar-refractivity contribution in [3.05, 3.63) is 0 Å². The lowest BCUT2D eigenvalue weighted by Crippen LogP contribution is -2.37. The average molecular weight is 708 g/mol. The Balaban J connectivity index is 4.11. The molecule has 0 saturated heterocycles. The van der Waals surface area contributed by atoms with E-state index in [1.54, 1.807) is 4.90 Å². The second kappa shape index (κ2) is 35.9. The molecule has 2 N–H and O–H groups in total. The van der Waals surface area contributed by atoms with E-state index in [0.29, 0.717) is 157 Å². The lowest BCUT2D eigenvalue weighted by molar-refractivity contribution is -0.134. The number of carbonyl (C=O) groups is 3. The molecule has 0 aliphatic heterocycles. The number of carbonyl (C=O) groups excluding carboxylic acids is 3. The molecule has 14 nitrogen and oxygen atoms in total. The molecule has 0 aromatic carbocycles. The van der Waals surface area contributed by atoms with Crippen LogP contribution in [0.5, 0.6) is 0 Å². The zero-order valence-corrected chi connectivity index (χ0v) is 31.3. The van der Waals surface area contributed by atoms with Gasteiger partial charge in [0, 0.05) is 45.6 Å². The molecular formula is C35H69N3O11. The predicted octanol–water partition coefficient (Wildman–Crippen LogP) is 2.46. The Morgan fingerprint density at radius 2 is 0.898 bits per heavy atom. The maximum atomic E-state index is 12.9. The van der Waals surface area contributed by atoms with Crippen molar-refractivity contribution in [3.63, 3.8) is 0 Å². The fourth-order valence-corrected chi connectivity index (χ4v) is 4.04. The molecule has 0 unspecified atom stereocenters. The minimum absolute atomic E-state index is 0.0268. The minimum atomic E-state index is -0.0268. The highest BCUT2D eigenvalue weighted by Crippen LogP contribution is 2.00. The first-order valence-electron chi connectivity index (χ1n) is 18.2. The number of hydrogen-bond acceptors (Lipinski definition) is 11. The molecule has 0 atom stereocenters. The van der Waals surface area contributed by atoms with Crippen LogP contribution in [0.4, 0.5) is 0 Å². The van der Waals surface area contributed by atoms with Gasteiger partial charge in [-0.1, -0.05) is 34.6 Å². The molecule has 0 fully saturated rings. The van der Waals surface area contributed by atoms with Crippen LogP contribution in [0, 0.1) is 11.8 Å². The SMILES string of the molecule is CCCC(=O)NCCOCCOCCOCCN(CCOCCOCCOCCNC(=O)CC(C)C)C(=O)CCOCCOCCC(C)C. The molecule has 290 valence electrons. The molecular weight excluding hydrogens is 638 g/mol. The molecule has 0 rings (SSSR count). The second-order valence-electron chi connectivity index (χ2n) is 12.3. The van der Waals surface area contributed by atoms with E-state index in [0.717, 1.165) is 12.8 Å². The molecule has 0 aliphatic carbocycles. The summed E-state index contributed by atoms with van der Waals surface area (Å²) in [5, 5.41) is 5.63. The third-order valence-electron chi connectivity index (χ3n) is 6.73. The van der Waals surface area contributed by atoms with Crippen molar-refractivity contribution in [2.24, 2.45) is 11.8 Å². The molecule has 14 heteroatoms. The van der Waals surface area contributed by atoms with Crippen molar-refractivity contribution >= 4 is 17.7 Å². The van der Waals surface area contributed by atoms with Crippen molar-refractivity contribution in [2.75, 3.05) is 132 Å². The van der Waals surface area contributed by atoms with Gasteiger partial charge in [0.2, 0.25) is 17.7 Å². The standard InChI is InChI=1S/C35H69N3O11/c1-6-7-33(39)36-10-16-44-22-26-48-28-24-46-18-12-38(35(41)9-15-43-21-20-42-14-8-31(2)3)13-19-47-25-29-49-27-23-45-17-11-37-34(40)30-32(4)5/h31-32H,6-30H2,1-5H3,(H,36,39)(H,37,40). The van der Waals surface area contributed by atoms with Crippen molar-refractivity contribution in [1.29, 1.82) is 0 Å². The summed E-state index contributed by atoms with van der Waals surface area (Å²) in [6.07, 6.45) is 3.15. The van der Waals surface area contributed by atoms with E-state index in [-0.39, 0.29) is 24.1 Å². The van der Waals surface area contributed by atoms with Gasteiger partial charge in [-0.3, -0.25) is 14.4 Å². The summed E-state index contributed by atoms with van der Waals surface area (Å²) in [5.41, 5.74) is 0. The summed E-state index contributed by atoms with van der Waals surface area (Å²) < 4.78 is 44.5. The molecule has 0 aromatic heterocycles. The Hall–Kier alpha value is -1.91. The molecule has 0 aliphatic rings. The van der Waals surface area contributed by atoms with Crippen LogP contribution in [0.1, 0.15) is 66.7 Å². The topological polar surface area (TPSA) is 152 Å². The summed E-state index contributed by atoms with van der Waals surface area (Å²) in [6.45, 7) is 19.2. The second-order valence-corrected chi connectivity index (χ2v) is 12.3. The maximum Gasteiger partial charge on any atom is 0.225 e. The Kier molecular flexibility index (Phi) is 34.5. The molecule has 0 spiro atoms. The van der Waals surface area contributed by atoms with Gasteiger partial charge in [-0.2, -0.15) is 0 Å². The van der Waals surface area contributed by atoms with Crippen molar-refractivity contribution in [1.82, 2.24) is 15.5 Å². The van der Waals surface area contributed by atoms with Crippen molar-refractivity contribution < 1.29 is 52.3 Å². The molecule has 3 amide bonds. The first kappa shape index (κ1) is 47.1. The molecule has 49 heavy (non-hydrogen) atoms. The van der Waals surface area contributed by atoms with Crippen molar-refractivity contribution in [3.8, 4) is 0 Å². The number of ether oxygens (including phenoxy) is 8. The number of amides is 3. The van der Waals surface area contributed by atoms with Crippen LogP contribution in [0.15, 0.2) is 0 Å². The molecule has 0 saturated carbocycles. The van der Waals surface area contributed by atoms with Crippen LogP contribution in [0.2, 0.25) is 0 Å². The van der Waals surface area contributed by atoms with Crippen molar-refractivity contribution in [2.45, 2.75) is 66.7 Å². The number of hydrogen-bond donors (Lipinski definition) is 2. The summed E-state index contributed by atoms with van der Waals surface area (Å²) in [7, 11) is 0. The average Bonchev–Trinajstić information content (AvgIpc) is 3.05.